The number of hydrogen-bond acceptors (Lipinski definition) is 2. The Bertz CT molecular complexity index is 640. The van der Waals surface area contributed by atoms with Crippen molar-refractivity contribution in [1.29, 1.82) is 0 Å². The highest BCUT2D eigenvalue weighted by Gasteiger charge is 2.17. The van der Waals surface area contributed by atoms with Crippen LogP contribution < -0.4 is 5.32 Å². The predicted molar refractivity (Wildman–Crippen MR) is 105 cm³/mol. The fourth-order valence-corrected chi connectivity index (χ4v) is 3.02. The largest absolute Gasteiger partial charge is 0.376 e. The summed E-state index contributed by atoms with van der Waals surface area (Å²) in [7, 11) is 0. The van der Waals surface area contributed by atoms with Gasteiger partial charge in [0, 0.05) is 24.1 Å². The van der Waals surface area contributed by atoms with Crippen molar-refractivity contribution in [3.05, 3.63) is 70.5 Å². The molecule has 2 nitrogen and oxygen atoms in total. The minimum Gasteiger partial charge on any atom is -0.376 e. The van der Waals surface area contributed by atoms with E-state index < -0.39 is 0 Å². The molecule has 2 rings (SSSR count). The number of aryl methyl sites for hydroxylation is 2. The summed E-state index contributed by atoms with van der Waals surface area (Å²) >= 11 is 0. The second kappa shape index (κ2) is 10.5. The first kappa shape index (κ1) is 21.6. The van der Waals surface area contributed by atoms with E-state index in [4.69, 9.17) is 4.74 Å². The van der Waals surface area contributed by atoms with Gasteiger partial charge in [0.2, 0.25) is 0 Å². The molecule has 0 heterocycles. The minimum absolute atomic E-state index is 0. The van der Waals surface area contributed by atoms with Crippen molar-refractivity contribution in [1.82, 2.24) is 5.32 Å². The summed E-state index contributed by atoms with van der Waals surface area (Å²) in [6.07, 6.45) is 0. The molecule has 2 aromatic rings. The van der Waals surface area contributed by atoms with Gasteiger partial charge >= 0.3 is 0 Å². The second-order valence-electron chi connectivity index (χ2n) is 6.67. The highest BCUT2D eigenvalue weighted by Crippen LogP contribution is 2.24. The first-order chi connectivity index (χ1) is 11.5. The summed E-state index contributed by atoms with van der Waals surface area (Å²) in [5.41, 5.74) is 4.49. The smallest absolute Gasteiger partial charge is 0.128 e. The van der Waals surface area contributed by atoms with E-state index in [0.717, 1.165) is 6.54 Å². The zero-order valence-electron chi connectivity index (χ0n) is 15.5. The van der Waals surface area contributed by atoms with Crippen molar-refractivity contribution >= 4 is 12.4 Å². The molecule has 4 heteroatoms. The Morgan fingerprint density at radius 1 is 1.00 bits per heavy atom. The third kappa shape index (κ3) is 6.43. The maximum absolute atomic E-state index is 13.7. The fourth-order valence-electron chi connectivity index (χ4n) is 3.02. The van der Waals surface area contributed by atoms with Gasteiger partial charge in [-0.05, 0) is 36.6 Å². The van der Waals surface area contributed by atoms with Crippen LogP contribution in [0, 0.1) is 19.7 Å². The summed E-state index contributed by atoms with van der Waals surface area (Å²) < 4.78 is 19.6. The van der Waals surface area contributed by atoms with E-state index in [1.807, 2.05) is 6.07 Å². The molecule has 0 radical (unpaired) electrons. The molecule has 138 valence electrons. The summed E-state index contributed by atoms with van der Waals surface area (Å²) in [6.45, 7) is 10.3. The lowest BCUT2D eigenvalue weighted by atomic mass is 9.91. The van der Waals surface area contributed by atoms with E-state index in [1.165, 1.54) is 22.8 Å². The second-order valence-corrected chi connectivity index (χ2v) is 6.67. The molecule has 0 aliphatic carbocycles. The van der Waals surface area contributed by atoms with Gasteiger partial charge in [0.1, 0.15) is 5.82 Å². The first-order valence-electron chi connectivity index (χ1n) is 8.59. The molecule has 0 aliphatic heterocycles. The van der Waals surface area contributed by atoms with Gasteiger partial charge in [0.25, 0.3) is 0 Å². The van der Waals surface area contributed by atoms with E-state index in [0.29, 0.717) is 24.8 Å². The van der Waals surface area contributed by atoms with E-state index in [-0.39, 0.29) is 24.1 Å². The van der Waals surface area contributed by atoms with E-state index >= 15 is 0 Å². The Hall–Kier alpha value is -1.42. The standard InChI is InChI=1S/C21H28FNO.ClH/c1-15(2)23-12-19(21-16(3)8-7-9-17(21)4)14-24-13-18-10-5-6-11-20(18)22;/h5-11,15,19,23H,12-14H2,1-4H3;1H. The van der Waals surface area contributed by atoms with E-state index in [9.17, 15) is 4.39 Å². The zero-order chi connectivity index (χ0) is 17.5. The Kier molecular flexibility index (Phi) is 9.12. The number of benzene rings is 2. The van der Waals surface area contributed by atoms with Crippen molar-refractivity contribution in [2.75, 3.05) is 13.2 Å². The number of rotatable bonds is 8. The zero-order valence-corrected chi connectivity index (χ0v) is 16.3. The summed E-state index contributed by atoms with van der Waals surface area (Å²) in [5.74, 6) is 0.0433. The molecule has 1 atom stereocenters. The molecule has 2 aromatic carbocycles. The van der Waals surface area contributed by atoms with Crippen molar-refractivity contribution < 1.29 is 9.13 Å². The van der Waals surface area contributed by atoms with Crippen LogP contribution in [0.1, 0.15) is 42.0 Å². The third-order valence-electron chi connectivity index (χ3n) is 4.26. The van der Waals surface area contributed by atoms with Crippen LogP contribution >= 0.6 is 12.4 Å². The molecule has 0 saturated carbocycles. The van der Waals surface area contributed by atoms with Gasteiger partial charge in [-0.1, -0.05) is 50.2 Å². The summed E-state index contributed by atoms with van der Waals surface area (Å²) in [5, 5.41) is 3.50. The highest BCUT2D eigenvalue weighted by atomic mass is 35.5. The maximum atomic E-state index is 13.7. The van der Waals surface area contributed by atoms with Crippen molar-refractivity contribution in [2.24, 2.45) is 0 Å². The molecular formula is C21H29ClFNO. The minimum atomic E-state index is -0.207. The Balaban J connectivity index is 0.00000312. The quantitative estimate of drug-likeness (QED) is 0.697. The first-order valence-corrected chi connectivity index (χ1v) is 8.59. The van der Waals surface area contributed by atoms with Crippen LogP contribution in [-0.4, -0.2) is 19.2 Å². The summed E-state index contributed by atoms with van der Waals surface area (Å²) in [6, 6.07) is 13.6. The molecule has 0 aromatic heterocycles. The molecule has 1 unspecified atom stereocenters. The summed E-state index contributed by atoms with van der Waals surface area (Å²) in [4.78, 5) is 0. The highest BCUT2D eigenvalue weighted by molar-refractivity contribution is 5.85. The number of hydrogen-bond donors (Lipinski definition) is 1. The third-order valence-corrected chi connectivity index (χ3v) is 4.26. The molecule has 25 heavy (non-hydrogen) atoms. The lowest BCUT2D eigenvalue weighted by molar-refractivity contribution is 0.103. The van der Waals surface area contributed by atoms with Crippen molar-refractivity contribution in [3.63, 3.8) is 0 Å². The van der Waals surface area contributed by atoms with Gasteiger partial charge in [0.15, 0.2) is 0 Å². The SMILES string of the molecule is Cc1cccc(C)c1C(CNC(C)C)COCc1ccccc1F.Cl. The van der Waals surface area contributed by atoms with Gasteiger partial charge in [0.05, 0.1) is 13.2 Å². The van der Waals surface area contributed by atoms with Gasteiger partial charge in [-0.3, -0.25) is 0 Å². The average Bonchev–Trinajstić information content (AvgIpc) is 2.53. The molecule has 0 amide bonds. The molecule has 0 spiro atoms. The lowest BCUT2D eigenvalue weighted by Crippen LogP contribution is -2.30. The molecule has 0 fully saturated rings. The fraction of sp³-hybridized carbons (Fsp3) is 0.429. The number of nitrogens with one attached hydrogen (secondary N) is 1. The Labute approximate surface area is 157 Å². The van der Waals surface area contributed by atoms with Crippen LogP contribution in [0.5, 0.6) is 0 Å². The average molecular weight is 366 g/mol. The predicted octanol–water partition coefficient (Wildman–Crippen LogP) is 5.16. The van der Waals surface area contributed by atoms with Crippen LogP contribution in [0.4, 0.5) is 4.39 Å². The number of halogens is 2. The Morgan fingerprint density at radius 2 is 1.64 bits per heavy atom. The molecular weight excluding hydrogens is 337 g/mol. The van der Waals surface area contributed by atoms with Gasteiger partial charge in [-0.2, -0.15) is 0 Å². The van der Waals surface area contributed by atoms with Gasteiger partial charge in [-0.15, -0.1) is 12.4 Å². The maximum Gasteiger partial charge on any atom is 0.128 e. The van der Waals surface area contributed by atoms with Crippen LogP contribution in [0.25, 0.3) is 0 Å². The number of ether oxygens (including phenoxy) is 1. The van der Waals surface area contributed by atoms with Crippen LogP contribution in [0.3, 0.4) is 0 Å². The van der Waals surface area contributed by atoms with Crippen LogP contribution in [-0.2, 0) is 11.3 Å². The van der Waals surface area contributed by atoms with Crippen molar-refractivity contribution in [3.8, 4) is 0 Å². The van der Waals surface area contributed by atoms with Crippen LogP contribution in [0.2, 0.25) is 0 Å². The van der Waals surface area contributed by atoms with E-state index in [1.54, 1.807) is 12.1 Å². The lowest BCUT2D eigenvalue weighted by Gasteiger charge is -2.23. The monoisotopic (exact) mass is 365 g/mol. The van der Waals surface area contributed by atoms with Gasteiger partial charge in [-0.25, -0.2) is 4.39 Å². The van der Waals surface area contributed by atoms with Gasteiger partial charge < -0.3 is 10.1 Å². The normalized spacial score (nSPS) is 12.1. The topological polar surface area (TPSA) is 21.3 Å². The van der Waals surface area contributed by atoms with E-state index in [2.05, 4.69) is 51.2 Å². The molecule has 0 saturated heterocycles. The molecule has 1 N–H and O–H groups in total. The van der Waals surface area contributed by atoms with Crippen molar-refractivity contribution in [2.45, 2.75) is 46.3 Å². The molecule has 0 bridgehead atoms. The Morgan fingerprint density at radius 3 is 2.24 bits per heavy atom. The molecule has 0 aliphatic rings. The van der Waals surface area contributed by atoms with Crippen LogP contribution in [0.15, 0.2) is 42.5 Å².